The smallest absolute Gasteiger partial charge is 0.178 e. The molecule has 0 bridgehead atoms. The highest BCUT2D eigenvalue weighted by atomic mass is 79.9. The first kappa shape index (κ1) is 10.4. The minimum Gasteiger partial charge on any atom is -0.295 e. The molecule has 1 aromatic carbocycles. The number of hydrogen-bond donors (Lipinski definition) is 0. The number of nitrogens with zero attached hydrogens (tertiary/aromatic N) is 1. The Kier molecular flexibility index (Phi) is 2.93. The third-order valence-electron chi connectivity index (χ3n) is 1.83. The summed E-state index contributed by atoms with van der Waals surface area (Å²) in [6, 6.07) is 4.36. The number of rotatable bonds is 2. The summed E-state index contributed by atoms with van der Waals surface area (Å²) in [6.45, 7) is 0. The molecule has 2 rings (SSSR count). The summed E-state index contributed by atoms with van der Waals surface area (Å²) in [5.41, 5.74) is 1.45. The molecule has 0 aliphatic heterocycles. The van der Waals surface area contributed by atoms with E-state index in [1.807, 2.05) is 0 Å². The van der Waals surface area contributed by atoms with Crippen molar-refractivity contribution in [3.63, 3.8) is 0 Å². The quantitative estimate of drug-likeness (QED) is 0.790. The average Bonchev–Trinajstić information content (AvgIpc) is 2.66. The van der Waals surface area contributed by atoms with Gasteiger partial charge in [0.15, 0.2) is 11.3 Å². The van der Waals surface area contributed by atoms with Crippen molar-refractivity contribution in [2.24, 2.45) is 0 Å². The fourth-order valence-electron chi connectivity index (χ4n) is 1.16. The van der Waals surface area contributed by atoms with E-state index >= 15 is 0 Å². The van der Waals surface area contributed by atoms with Crippen molar-refractivity contribution < 1.29 is 9.18 Å². The van der Waals surface area contributed by atoms with Crippen LogP contribution >= 0.6 is 27.3 Å². The van der Waals surface area contributed by atoms with Crippen molar-refractivity contribution in [1.82, 2.24) is 4.98 Å². The number of thiazole rings is 1. The van der Waals surface area contributed by atoms with Crippen molar-refractivity contribution >= 4 is 33.6 Å². The van der Waals surface area contributed by atoms with E-state index in [-0.39, 0.29) is 5.82 Å². The minimum absolute atomic E-state index is 0.309. The molecule has 0 spiro atoms. The first-order valence-corrected chi connectivity index (χ1v) is 5.74. The molecule has 0 amide bonds. The lowest BCUT2D eigenvalue weighted by Crippen LogP contribution is -1.83. The molecule has 1 heterocycles. The van der Waals surface area contributed by atoms with Gasteiger partial charge in [-0.25, -0.2) is 9.37 Å². The molecular formula is C10H5BrFNOS. The zero-order valence-corrected chi connectivity index (χ0v) is 9.81. The monoisotopic (exact) mass is 285 g/mol. The molecule has 1 aromatic heterocycles. The summed E-state index contributed by atoms with van der Waals surface area (Å²) in [4.78, 5) is 14.6. The highest BCUT2D eigenvalue weighted by Crippen LogP contribution is 2.29. The lowest BCUT2D eigenvalue weighted by Gasteiger charge is -1.99. The maximum atomic E-state index is 12.8. The van der Waals surface area contributed by atoms with E-state index in [2.05, 4.69) is 20.9 Å². The molecule has 0 saturated heterocycles. The van der Waals surface area contributed by atoms with Crippen molar-refractivity contribution in [3.05, 3.63) is 38.9 Å². The van der Waals surface area contributed by atoms with Gasteiger partial charge in [0.2, 0.25) is 0 Å². The SMILES string of the molecule is O=Cc1nc(-c2ccc(F)cc2Br)cs1. The van der Waals surface area contributed by atoms with Crippen LogP contribution in [-0.4, -0.2) is 11.3 Å². The van der Waals surface area contributed by atoms with E-state index in [4.69, 9.17) is 0 Å². The van der Waals surface area contributed by atoms with Crippen LogP contribution in [0.25, 0.3) is 11.3 Å². The zero-order chi connectivity index (χ0) is 10.8. The van der Waals surface area contributed by atoms with Gasteiger partial charge in [0.1, 0.15) is 5.82 Å². The fraction of sp³-hybridized carbons (Fsp3) is 0. The van der Waals surface area contributed by atoms with Crippen molar-refractivity contribution in [3.8, 4) is 11.3 Å². The molecular weight excluding hydrogens is 281 g/mol. The zero-order valence-electron chi connectivity index (χ0n) is 7.41. The molecule has 0 saturated carbocycles. The van der Waals surface area contributed by atoms with Crippen LogP contribution in [0.4, 0.5) is 4.39 Å². The lowest BCUT2D eigenvalue weighted by atomic mass is 10.2. The first-order valence-electron chi connectivity index (χ1n) is 4.07. The van der Waals surface area contributed by atoms with Gasteiger partial charge in [-0.05, 0) is 34.1 Å². The fourth-order valence-corrected chi connectivity index (χ4v) is 2.34. The van der Waals surface area contributed by atoms with Gasteiger partial charge in [0.25, 0.3) is 0 Å². The van der Waals surface area contributed by atoms with Gasteiger partial charge < -0.3 is 0 Å². The maximum Gasteiger partial charge on any atom is 0.178 e. The predicted molar refractivity (Wildman–Crippen MR) is 60.6 cm³/mol. The Bertz CT molecular complexity index is 512. The molecule has 2 aromatic rings. The molecule has 2 nitrogen and oxygen atoms in total. The minimum atomic E-state index is -0.309. The van der Waals surface area contributed by atoms with E-state index in [0.29, 0.717) is 21.5 Å². The van der Waals surface area contributed by atoms with Gasteiger partial charge in [0, 0.05) is 15.4 Å². The van der Waals surface area contributed by atoms with E-state index < -0.39 is 0 Å². The molecule has 15 heavy (non-hydrogen) atoms. The average molecular weight is 286 g/mol. The number of aromatic nitrogens is 1. The highest BCUT2D eigenvalue weighted by molar-refractivity contribution is 9.10. The summed E-state index contributed by atoms with van der Waals surface area (Å²) in [7, 11) is 0. The van der Waals surface area contributed by atoms with E-state index in [1.165, 1.54) is 23.5 Å². The highest BCUT2D eigenvalue weighted by Gasteiger charge is 2.08. The second-order valence-electron chi connectivity index (χ2n) is 2.81. The Morgan fingerprint density at radius 1 is 1.47 bits per heavy atom. The van der Waals surface area contributed by atoms with E-state index in [9.17, 15) is 9.18 Å². The van der Waals surface area contributed by atoms with E-state index in [1.54, 1.807) is 11.4 Å². The Labute approximate surface area is 97.9 Å². The van der Waals surface area contributed by atoms with E-state index in [0.717, 1.165) is 5.56 Å². The number of benzene rings is 1. The van der Waals surface area contributed by atoms with Gasteiger partial charge >= 0.3 is 0 Å². The molecule has 5 heteroatoms. The third kappa shape index (κ3) is 2.13. The summed E-state index contributed by atoms with van der Waals surface area (Å²) in [6.07, 6.45) is 0.700. The molecule has 0 fully saturated rings. The Morgan fingerprint density at radius 3 is 2.87 bits per heavy atom. The summed E-state index contributed by atoms with van der Waals surface area (Å²) in [5.74, 6) is -0.309. The van der Waals surface area contributed by atoms with Crippen molar-refractivity contribution in [2.75, 3.05) is 0 Å². The topological polar surface area (TPSA) is 30.0 Å². The molecule has 0 aliphatic carbocycles. The summed E-state index contributed by atoms with van der Waals surface area (Å²) in [5, 5.41) is 2.18. The van der Waals surface area contributed by atoms with Gasteiger partial charge in [0.05, 0.1) is 5.69 Å². The first-order chi connectivity index (χ1) is 7.20. The number of halogens is 2. The standard InChI is InChI=1S/C10H5BrFNOS/c11-8-3-6(12)1-2-7(8)9-5-15-10(4-14)13-9/h1-5H. The molecule has 0 unspecified atom stereocenters. The molecule has 0 radical (unpaired) electrons. The lowest BCUT2D eigenvalue weighted by molar-refractivity contribution is 0.112. The number of aldehydes is 1. The van der Waals surface area contributed by atoms with Crippen LogP contribution in [0.5, 0.6) is 0 Å². The van der Waals surface area contributed by atoms with Crippen LogP contribution in [0.1, 0.15) is 9.80 Å². The Hall–Kier alpha value is -1.07. The predicted octanol–water partition coefficient (Wildman–Crippen LogP) is 3.52. The van der Waals surface area contributed by atoms with Gasteiger partial charge in [-0.1, -0.05) is 0 Å². The number of carbonyl (C=O) groups excluding carboxylic acids is 1. The molecule has 76 valence electrons. The van der Waals surface area contributed by atoms with Crippen molar-refractivity contribution in [1.29, 1.82) is 0 Å². The van der Waals surface area contributed by atoms with Crippen molar-refractivity contribution in [2.45, 2.75) is 0 Å². The molecule has 0 N–H and O–H groups in total. The van der Waals surface area contributed by atoms with Crippen LogP contribution in [0.3, 0.4) is 0 Å². The summed E-state index contributed by atoms with van der Waals surface area (Å²) >= 11 is 4.51. The van der Waals surface area contributed by atoms with Crippen LogP contribution in [0.15, 0.2) is 28.1 Å². The number of carbonyl (C=O) groups is 1. The van der Waals surface area contributed by atoms with Gasteiger partial charge in [-0.2, -0.15) is 0 Å². The van der Waals surface area contributed by atoms with Crippen LogP contribution in [0.2, 0.25) is 0 Å². The third-order valence-corrected chi connectivity index (χ3v) is 3.26. The second kappa shape index (κ2) is 4.20. The Morgan fingerprint density at radius 2 is 2.27 bits per heavy atom. The normalized spacial score (nSPS) is 10.3. The van der Waals surface area contributed by atoms with Crippen LogP contribution in [0, 0.1) is 5.82 Å². The maximum absolute atomic E-state index is 12.8. The molecule has 0 aliphatic rings. The van der Waals surface area contributed by atoms with Crippen LogP contribution < -0.4 is 0 Å². The summed E-state index contributed by atoms with van der Waals surface area (Å²) < 4.78 is 13.5. The van der Waals surface area contributed by atoms with Gasteiger partial charge in [-0.3, -0.25) is 4.79 Å². The molecule has 0 atom stereocenters. The van der Waals surface area contributed by atoms with Gasteiger partial charge in [-0.15, -0.1) is 11.3 Å². The number of hydrogen-bond acceptors (Lipinski definition) is 3. The largest absolute Gasteiger partial charge is 0.295 e. The van der Waals surface area contributed by atoms with Crippen LogP contribution in [-0.2, 0) is 0 Å². The second-order valence-corrected chi connectivity index (χ2v) is 4.56. The Balaban J connectivity index is 2.49.